The van der Waals surface area contributed by atoms with Crippen molar-refractivity contribution < 1.29 is 0 Å². The second kappa shape index (κ2) is 7.09. The molecular formula is C20H15N5OS. The van der Waals surface area contributed by atoms with Crippen molar-refractivity contribution in [1.29, 1.82) is 5.26 Å². The molecule has 4 aromatic rings. The Morgan fingerprint density at radius 2 is 1.93 bits per heavy atom. The molecule has 0 saturated heterocycles. The average Bonchev–Trinajstić information content (AvgIpc) is 3.11. The van der Waals surface area contributed by atoms with Gasteiger partial charge in [-0.1, -0.05) is 23.9 Å². The predicted octanol–water partition coefficient (Wildman–Crippen LogP) is 3.28. The van der Waals surface area contributed by atoms with Gasteiger partial charge in [-0.2, -0.15) is 5.26 Å². The van der Waals surface area contributed by atoms with Gasteiger partial charge in [0.15, 0.2) is 5.16 Å². The van der Waals surface area contributed by atoms with Crippen molar-refractivity contribution in [3.8, 4) is 11.8 Å². The summed E-state index contributed by atoms with van der Waals surface area (Å²) < 4.78 is 3.54. The first kappa shape index (κ1) is 17.1. The first-order valence-electron chi connectivity index (χ1n) is 8.28. The molecule has 2 heterocycles. The van der Waals surface area contributed by atoms with Crippen LogP contribution in [0.25, 0.3) is 16.6 Å². The number of nitriles is 1. The van der Waals surface area contributed by atoms with E-state index in [1.165, 1.54) is 11.8 Å². The molecule has 0 aliphatic carbocycles. The second-order valence-electron chi connectivity index (χ2n) is 5.95. The van der Waals surface area contributed by atoms with Crippen LogP contribution in [0.5, 0.6) is 0 Å². The van der Waals surface area contributed by atoms with Gasteiger partial charge in [-0.05, 0) is 36.4 Å². The van der Waals surface area contributed by atoms with Crippen LogP contribution >= 0.6 is 11.8 Å². The van der Waals surface area contributed by atoms with Gasteiger partial charge in [0.2, 0.25) is 0 Å². The quantitative estimate of drug-likeness (QED) is 0.405. The fraction of sp³-hybridized carbons (Fsp3) is 0.100. The van der Waals surface area contributed by atoms with Gasteiger partial charge < -0.3 is 4.57 Å². The summed E-state index contributed by atoms with van der Waals surface area (Å²) in [5.41, 5.74) is 1.75. The lowest BCUT2D eigenvalue weighted by molar-refractivity contribution is 0.812. The van der Waals surface area contributed by atoms with Crippen molar-refractivity contribution in [2.24, 2.45) is 7.05 Å². The standard InChI is InChI=1S/C20H15N5OS/c1-24-11-10-22-18(24)13-27-20-23-17-5-3-2-4-16(17)19(26)25(20)15-8-6-14(12-21)7-9-15/h2-11H,13H2,1H3. The highest BCUT2D eigenvalue weighted by atomic mass is 32.2. The average molecular weight is 373 g/mol. The second-order valence-corrected chi connectivity index (χ2v) is 6.90. The molecule has 0 aliphatic rings. The normalized spacial score (nSPS) is 10.8. The largest absolute Gasteiger partial charge is 0.337 e. The van der Waals surface area contributed by atoms with Crippen molar-refractivity contribution in [3.63, 3.8) is 0 Å². The van der Waals surface area contributed by atoms with Crippen molar-refractivity contribution in [2.75, 3.05) is 0 Å². The number of nitrogens with zero attached hydrogens (tertiary/aromatic N) is 5. The van der Waals surface area contributed by atoms with E-state index in [-0.39, 0.29) is 5.56 Å². The molecule has 6 nitrogen and oxygen atoms in total. The van der Waals surface area contributed by atoms with E-state index in [1.54, 1.807) is 41.1 Å². The lowest BCUT2D eigenvalue weighted by Crippen LogP contribution is -2.21. The summed E-state index contributed by atoms with van der Waals surface area (Å²) in [7, 11) is 1.93. The summed E-state index contributed by atoms with van der Waals surface area (Å²) in [6.45, 7) is 0. The fourth-order valence-corrected chi connectivity index (χ4v) is 3.80. The molecule has 4 rings (SSSR count). The van der Waals surface area contributed by atoms with Gasteiger partial charge in [0, 0.05) is 19.4 Å². The minimum atomic E-state index is -0.132. The van der Waals surface area contributed by atoms with Crippen LogP contribution in [0.1, 0.15) is 11.4 Å². The van der Waals surface area contributed by atoms with E-state index in [4.69, 9.17) is 10.2 Å². The molecule has 2 aromatic carbocycles. The van der Waals surface area contributed by atoms with Crippen LogP contribution in [0.3, 0.4) is 0 Å². The van der Waals surface area contributed by atoms with Gasteiger partial charge in [-0.3, -0.25) is 9.36 Å². The van der Waals surface area contributed by atoms with E-state index in [0.29, 0.717) is 33.1 Å². The lowest BCUT2D eigenvalue weighted by atomic mass is 10.2. The molecule has 2 aromatic heterocycles. The number of aryl methyl sites for hydroxylation is 1. The summed E-state index contributed by atoms with van der Waals surface area (Å²) in [6, 6.07) is 16.3. The van der Waals surface area contributed by atoms with Gasteiger partial charge >= 0.3 is 0 Å². The van der Waals surface area contributed by atoms with E-state index in [9.17, 15) is 4.79 Å². The number of para-hydroxylation sites is 1. The molecular weight excluding hydrogens is 358 g/mol. The predicted molar refractivity (Wildman–Crippen MR) is 105 cm³/mol. The topological polar surface area (TPSA) is 76.5 Å². The Morgan fingerprint density at radius 1 is 1.15 bits per heavy atom. The van der Waals surface area contributed by atoms with E-state index < -0.39 is 0 Å². The van der Waals surface area contributed by atoms with Crippen LogP contribution < -0.4 is 5.56 Å². The maximum absolute atomic E-state index is 13.2. The Morgan fingerprint density at radius 3 is 2.63 bits per heavy atom. The third kappa shape index (κ3) is 3.23. The maximum atomic E-state index is 13.2. The molecule has 7 heteroatoms. The summed E-state index contributed by atoms with van der Waals surface area (Å²) in [6.07, 6.45) is 3.63. The molecule has 0 amide bonds. The van der Waals surface area contributed by atoms with E-state index in [2.05, 4.69) is 11.1 Å². The molecule has 0 saturated carbocycles. The fourth-order valence-electron chi connectivity index (χ4n) is 2.79. The number of thioether (sulfide) groups is 1. The molecule has 0 radical (unpaired) electrons. The van der Waals surface area contributed by atoms with E-state index in [1.807, 2.05) is 36.0 Å². The Balaban J connectivity index is 1.85. The zero-order valence-electron chi connectivity index (χ0n) is 14.5. The monoisotopic (exact) mass is 373 g/mol. The van der Waals surface area contributed by atoms with Gasteiger partial charge in [0.25, 0.3) is 5.56 Å². The molecule has 0 fully saturated rings. The highest BCUT2D eigenvalue weighted by Crippen LogP contribution is 2.24. The van der Waals surface area contributed by atoms with Gasteiger partial charge in [-0.25, -0.2) is 9.97 Å². The van der Waals surface area contributed by atoms with Crippen molar-refractivity contribution >= 4 is 22.7 Å². The number of imidazole rings is 1. The SMILES string of the molecule is Cn1ccnc1CSc1nc2ccccc2c(=O)n1-c1ccc(C#N)cc1. The Kier molecular flexibility index (Phi) is 4.48. The van der Waals surface area contributed by atoms with Gasteiger partial charge in [0.1, 0.15) is 5.82 Å². The third-order valence-corrected chi connectivity index (χ3v) is 5.19. The Hall–Kier alpha value is -3.37. The summed E-state index contributed by atoms with van der Waals surface area (Å²) in [5.74, 6) is 1.48. The zero-order valence-corrected chi connectivity index (χ0v) is 15.3. The van der Waals surface area contributed by atoms with Crippen molar-refractivity contribution in [3.05, 3.63) is 82.7 Å². The Labute approximate surface area is 159 Å². The van der Waals surface area contributed by atoms with Crippen LogP contribution in [0.15, 0.2) is 70.9 Å². The molecule has 0 unspecified atom stereocenters. The minimum absolute atomic E-state index is 0.132. The van der Waals surface area contributed by atoms with Crippen LogP contribution in [0, 0.1) is 11.3 Å². The van der Waals surface area contributed by atoms with Crippen LogP contribution in [-0.4, -0.2) is 19.1 Å². The summed E-state index contributed by atoms with van der Waals surface area (Å²) in [4.78, 5) is 22.2. The van der Waals surface area contributed by atoms with E-state index in [0.717, 1.165) is 5.82 Å². The third-order valence-electron chi connectivity index (χ3n) is 4.25. The van der Waals surface area contributed by atoms with Crippen molar-refractivity contribution in [2.45, 2.75) is 10.9 Å². The lowest BCUT2D eigenvalue weighted by Gasteiger charge is -2.13. The number of aromatic nitrogens is 4. The number of rotatable bonds is 4. The number of benzene rings is 2. The molecule has 0 N–H and O–H groups in total. The van der Waals surface area contributed by atoms with Gasteiger partial charge in [-0.15, -0.1) is 0 Å². The van der Waals surface area contributed by atoms with Crippen LogP contribution in [0.2, 0.25) is 0 Å². The molecule has 0 spiro atoms. The molecule has 0 atom stereocenters. The van der Waals surface area contributed by atoms with E-state index >= 15 is 0 Å². The summed E-state index contributed by atoms with van der Waals surface area (Å²) in [5, 5.41) is 10.2. The highest BCUT2D eigenvalue weighted by Gasteiger charge is 2.14. The zero-order chi connectivity index (χ0) is 18.8. The molecule has 132 valence electrons. The van der Waals surface area contributed by atoms with Gasteiger partial charge in [0.05, 0.1) is 34.0 Å². The maximum Gasteiger partial charge on any atom is 0.266 e. The first-order chi connectivity index (χ1) is 13.2. The van der Waals surface area contributed by atoms with Crippen LogP contribution in [0.4, 0.5) is 0 Å². The van der Waals surface area contributed by atoms with Crippen LogP contribution in [-0.2, 0) is 12.8 Å². The molecule has 0 bridgehead atoms. The molecule has 0 aliphatic heterocycles. The first-order valence-corrected chi connectivity index (χ1v) is 9.27. The minimum Gasteiger partial charge on any atom is -0.337 e. The summed E-state index contributed by atoms with van der Waals surface area (Å²) >= 11 is 1.46. The van der Waals surface area contributed by atoms with Crippen molar-refractivity contribution in [1.82, 2.24) is 19.1 Å². The molecule has 27 heavy (non-hydrogen) atoms. The highest BCUT2D eigenvalue weighted by molar-refractivity contribution is 7.98. The number of hydrogen-bond donors (Lipinski definition) is 0. The number of hydrogen-bond acceptors (Lipinski definition) is 5. The number of fused-ring (bicyclic) bond motifs is 1. The Bertz CT molecular complexity index is 1220. The smallest absolute Gasteiger partial charge is 0.266 e.